The van der Waals surface area contributed by atoms with E-state index in [0.29, 0.717) is 5.54 Å². The van der Waals surface area contributed by atoms with Crippen molar-refractivity contribution >= 4 is 22.1 Å². The molecular formula is C17H24N4. The summed E-state index contributed by atoms with van der Waals surface area (Å²) in [5.41, 5.74) is 8.66. The smallest absolute Gasteiger partial charge is 0.0632 e. The molecular weight excluding hydrogens is 260 g/mol. The van der Waals surface area contributed by atoms with Gasteiger partial charge in [-0.15, -0.1) is 0 Å². The van der Waals surface area contributed by atoms with E-state index in [2.05, 4.69) is 48.1 Å². The number of rotatable bonds is 4. The number of nitrogen functional groups attached to an aromatic ring is 1. The minimum atomic E-state index is 0.300. The van der Waals surface area contributed by atoms with Gasteiger partial charge in [-0.1, -0.05) is 6.07 Å². The number of nitrogens with zero attached hydrogens (tertiary/aromatic N) is 3. The van der Waals surface area contributed by atoms with E-state index in [1.165, 1.54) is 19.3 Å². The Morgan fingerprint density at radius 2 is 1.95 bits per heavy atom. The normalized spacial score (nSPS) is 17.0. The third-order valence-corrected chi connectivity index (χ3v) is 5.01. The maximum absolute atomic E-state index is 6.39. The van der Waals surface area contributed by atoms with Crippen molar-refractivity contribution in [3.05, 3.63) is 30.6 Å². The van der Waals surface area contributed by atoms with Crippen molar-refractivity contribution in [3.8, 4) is 0 Å². The molecule has 0 amide bonds. The van der Waals surface area contributed by atoms with Crippen LogP contribution in [0.3, 0.4) is 0 Å². The molecule has 4 nitrogen and oxygen atoms in total. The molecule has 0 unspecified atom stereocenters. The van der Waals surface area contributed by atoms with E-state index in [1.54, 1.807) is 6.20 Å². The lowest BCUT2D eigenvalue weighted by molar-refractivity contribution is 0.0683. The van der Waals surface area contributed by atoms with Crippen LogP contribution in [0, 0.1) is 0 Å². The lowest BCUT2D eigenvalue weighted by Crippen LogP contribution is -2.56. The zero-order chi connectivity index (χ0) is 15.0. The van der Waals surface area contributed by atoms with Crippen LogP contribution in [-0.2, 0) is 0 Å². The molecule has 0 bridgehead atoms. The Morgan fingerprint density at radius 1 is 1.19 bits per heavy atom. The van der Waals surface area contributed by atoms with E-state index < -0.39 is 0 Å². The van der Waals surface area contributed by atoms with Crippen molar-refractivity contribution in [1.29, 1.82) is 0 Å². The van der Waals surface area contributed by atoms with E-state index in [-0.39, 0.29) is 0 Å². The lowest BCUT2D eigenvalue weighted by Gasteiger charge is -2.49. The van der Waals surface area contributed by atoms with Crippen LogP contribution in [0.25, 0.3) is 10.8 Å². The molecule has 112 valence electrons. The van der Waals surface area contributed by atoms with Crippen LogP contribution in [0.15, 0.2) is 30.6 Å². The Labute approximate surface area is 126 Å². The fourth-order valence-corrected chi connectivity index (χ4v) is 3.37. The van der Waals surface area contributed by atoms with Crippen LogP contribution in [0.5, 0.6) is 0 Å². The molecule has 0 spiro atoms. The minimum absolute atomic E-state index is 0.300. The number of benzene rings is 1. The van der Waals surface area contributed by atoms with E-state index in [1.807, 2.05) is 12.3 Å². The molecule has 1 fully saturated rings. The average Bonchev–Trinajstić information content (AvgIpc) is 2.43. The van der Waals surface area contributed by atoms with Crippen LogP contribution in [0.2, 0.25) is 0 Å². The molecule has 0 saturated heterocycles. The number of anilines is 2. The van der Waals surface area contributed by atoms with Crippen molar-refractivity contribution in [3.63, 3.8) is 0 Å². The second-order valence-corrected chi connectivity index (χ2v) is 6.42. The highest BCUT2D eigenvalue weighted by Crippen LogP contribution is 2.39. The number of pyridine rings is 1. The van der Waals surface area contributed by atoms with Gasteiger partial charge in [0.1, 0.15) is 0 Å². The van der Waals surface area contributed by atoms with Crippen molar-refractivity contribution in [1.82, 2.24) is 9.88 Å². The summed E-state index contributed by atoms with van der Waals surface area (Å²) < 4.78 is 0. The second kappa shape index (κ2) is 5.19. The van der Waals surface area contributed by atoms with Gasteiger partial charge < -0.3 is 15.5 Å². The van der Waals surface area contributed by atoms with E-state index in [9.17, 15) is 0 Å². The van der Waals surface area contributed by atoms with Gasteiger partial charge in [0, 0.05) is 42.3 Å². The number of fused-ring (bicyclic) bond motifs is 1. The van der Waals surface area contributed by atoms with Gasteiger partial charge >= 0.3 is 0 Å². The summed E-state index contributed by atoms with van der Waals surface area (Å²) in [6.45, 7) is 1.01. The van der Waals surface area contributed by atoms with Gasteiger partial charge in [-0.2, -0.15) is 0 Å². The molecule has 2 N–H and O–H groups in total. The van der Waals surface area contributed by atoms with Gasteiger partial charge in [0.2, 0.25) is 0 Å². The predicted octanol–water partition coefficient (Wildman–Crippen LogP) is 2.74. The minimum Gasteiger partial charge on any atom is -0.397 e. The number of hydrogen-bond donors (Lipinski definition) is 1. The molecule has 1 aliphatic rings. The van der Waals surface area contributed by atoms with Crippen LogP contribution in [0.1, 0.15) is 19.3 Å². The molecule has 1 aromatic heterocycles. The van der Waals surface area contributed by atoms with E-state index in [4.69, 9.17) is 5.73 Å². The molecule has 1 saturated carbocycles. The first-order valence-corrected chi connectivity index (χ1v) is 7.54. The number of hydrogen-bond acceptors (Lipinski definition) is 4. The lowest BCUT2D eigenvalue weighted by atomic mass is 9.75. The summed E-state index contributed by atoms with van der Waals surface area (Å²) in [7, 11) is 6.51. The molecule has 21 heavy (non-hydrogen) atoms. The number of aromatic nitrogens is 1. The fraction of sp³-hybridized carbons (Fsp3) is 0.471. The number of likely N-dealkylation sites (N-methyl/N-ethyl adjacent to an activating group) is 2. The van der Waals surface area contributed by atoms with E-state index in [0.717, 1.165) is 28.7 Å². The van der Waals surface area contributed by atoms with Crippen molar-refractivity contribution in [2.75, 3.05) is 38.3 Å². The second-order valence-electron chi connectivity index (χ2n) is 6.42. The third-order valence-electron chi connectivity index (χ3n) is 5.01. The van der Waals surface area contributed by atoms with Gasteiger partial charge in [0.25, 0.3) is 0 Å². The summed E-state index contributed by atoms with van der Waals surface area (Å²) in [5, 5.41) is 2.18. The molecule has 1 aliphatic carbocycles. The first kappa shape index (κ1) is 14.1. The Morgan fingerprint density at radius 3 is 2.57 bits per heavy atom. The summed E-state index contributed by atoms with van der Waals surface area (Å²) >= 11 is 0. The zero-order valence-electron chi connectivity index (χ0n) is 13.1. The fourth-order valence-electron chi connectivity index (χ4n) is 3.37. The van der Waals surface area contributed by atoms with Gasteiger partial charge in [0.15, 0.2) is 0 Å². The Bertz CT molecular complexity index is 646. The first-order chi connectivity index (χ1) is 10.0. The molecule has 2 aromatic rings. The molecule has 4 heteroatoms. The quantitative estimate of drug-likeness (QED) is 0.877. The zero-order valence-corrected chi connectivity index (χ0v) is 13.1. The predicted molar refractivity (Wildman–Crippen MR) is 89.7 cm³/mol. The molecule has 3 rings (SSSR count). The molecule has 0 aliphatic heterocycles. The van der Waals surface area contributed by atoms with Crippen LogP contribution < -0.4 is 10.6 Å². The maximum atomic E-state index is 6.39. The molecule has 1 aromatic carbocycles. The molecule has 0 atom stereocenters. The van der Waals surface area contributed by atoms with Gasteiger partial charge in [-0.05, 0) is 45.5 Å². The van der Waals surface area contributed by atoms with Crippen molar-refractivity contribution in [2.24, 2.45) is 0 Å². The number of nitrogens with two attached hydrogens (primary N) is 1. The topological polar surface area (TPSA) is 45.4 Å². The maximum Gasteiger partial charge on any atom is 0.0632 e. The standard InChI is InChI=1S/C17H24N4/c1-20(2)17(8-4-9-17)12-21(3)15-6-5-13-11-19-10-7-14(13)16(15)18/h5-7,10-11H,4,8-9,12,18H2,1-3H3. The summed E-state index contributed by atoms with van der Waals surface area (Å²) in [4.78, 5) is 8.83. The van der Waals surface area contributed by atoms with Crippen LogP contribution in [0.4, 0.5) is 11.4 Å². The van der Waals surface area contributed by atoms with Crippen molar-refractivity contribution in [2.45, 2.75) is 24.8 Å². The highest BCUT2D eigenvalue weighted by molar-refractivity contribution is 5.98. The summed E-state index contributed by atoms with van der Waals surface area (Å²) in [6, 6.07) is 6.21. The van der Waals surface area contributed by atoms with E-state index >= 15 is 0 Å². The Kier molecular flexibility index (Phi) is 3.49. The SMILES string of the molecule is CN(CC1(N(C)C)CCC1)c1ccc2cnccc2c1N. The largest absolute Gasteiger partial charge is 0.397 e. The van der Waals surface area contributed by atoms with Crippen LogP contribution in [-0.4, -0.2) is 43.1 Å². The van der Waals surface area contributed by atoms with Gasteiger partial charge in [0.05, 0.1) is 11.4 Å². The highest BCUT2D eigenvalue weighted by atomic mass is 15.2. The summed E-state index contributed by atoms with van der Waals surface area (Å²) in [5.74, 6) is 0. The van der Waals surface area contributed by atoms with Gasteiger partial charge in [-0.25, -0.2) is 0 Å². The van der Waals surface area contributed by atoms with Crippen LogP contribution >= 0.6 is 0 Å². The monoisotopic (exact) mass is 284 g/mol. The first-order valence-electron chi connectivity index (χ1n) is 7.54. The average molecular weight is 284 g/mol. The highest BCUT2D eigenvalue weighted by Gasteiger charge is 2.40. The molecule has 1 heterocycles. The summed E-state index contributed by atoms with van der Waals surface area (Å²) in [6.07, 6.45) is 7.52. The molecule has 0 radical (unpaired) electrons. The Balaban J connectivity index is 1.91. The van der Waals surface area contributed by atoms with Gasteiger partial charge in [-0.3, -0.25) is 4.98 Å². The van der Waals surface area contributed by atoms with Crippen molar-refractivity contribution < 1.29 is 0 Å². The Hall–Kier alpha value is -1.81. The third kappa shape index (κ3) is 2.33.